The second-order valence-electron chi connectivity index (χ2n) is 2.78. The topological polar surface area (TPSA) is 101 Å². The fourth-order valence-corrected chi connectivity index (χ4v) is 2.39. The molecule has 4 atom stereocenters. The quantitative estimate of drug-likeness (QED) is 0.334. The van der Waals surface area contributed by atoms with Crippen LogP contribution in [0.25, 0.3) is 0 Å². The minimum atomic E-state index is -1.74. The molecule has 6 heteroatoms. The zero-order valence-corrected chi connectivity index (χ0v) is 7.11. The van der Waals surface area contributed by atoms with Gasteiger partial charge in [-0.1, -0.05) is 0 Å². The normalized spacial score (nSPS) is 48.2. The van der Waals surface area contributed by atoms with Crippen molar-refractivity contribution in [3.63, 3.8) is 0 Å². The molecule has 12 heavy (non-hydrogen) atoms. The fraction of sp³-hybridized carbons (Fsp3) is 1.00. The van der Waals surface area contributed by atoms with Gasteiger partial charge in [0.1, 0.15) is 6.10 Å². The summed E-state index contributed by atoms with van der Waals surface area (Å²) in [5.74, 6) is 0. The van der Waals surface area contributed by atoms with Crippen LogP contribution >= 0.6 is 11.8 Å². The predicted octanol–water partition coefficient (Wildman–Crippen LogP) is -2.50. The Morgan fingerprint density at radius 3 is 2.08 bits per heavy atom. The van der Waals surface area contributed by atoms with Crippen LogP contribution < -0.4 is 0 Å². The van der Waals surface area contributed by atoms with Gasteiger partial charge in [0.25, 0.3) is 0 Å². The molecule has 5 nitrogen and oxygen atoms in total. The first-order valence-corrected chi connectivity index (χ1v) is 4.41. The molecule has 1 heterocycles. The van der Waals surface area contributed by atoms with E-state index in [-0.39, 0.29) is 6.61 Å². The predicted molar refractivity (Wildman–Crippen MR) is 42.5 cm³/mol. The zero-order valence-electron chi connectivity index (χ0n) is 6.29. The van der Waals surface area contributed by atoms with E-state index in [9.17, 15) is 15.3 Å². The molecule has 1 fully saturated rings. The maximum atomic E-state index is 9.43. The summed E-state index contributed by atoms with van der Waals surface area (Å²) in [6, 6.07) is 0. The van der Waals surface area contributed by atoms with Crippen molar-refractivity contribution in [3.05, 3.63) is 0 Å². The third-order valence-electron chi connectivity index (χ3n) is 1.93. The number of hydrogen-bond donors (Lipinski definition) is 5. The molecule has 0 spiro atoms. The van der Waals surface area contributed by atoms with E-state index in [1.165, 1.54) is 0 Å². The van der Waals surface area contributed by atoms with Crippen molar-refractivity contribution in [2.24, 2.45) is 0 Å². The van der Waals surface area contributed by atoms with Gasteiger partial charge in [-0.15, -0.1) is 11.8 Å². The number of thioether (sulfide) groups is 1. The number of aliphatic hydroxyl groups is 5. The summed E-state index contributed by atoms with van der Waals surface area (Å²) in [7, 11) is 0. The van der Waals surface area contributed by atoms with Crippen molar-refractivity contribution >= 4 is 11.8 Å². The molecule has 0 aromatic rings. The van der Waals surface area contributed by atoms with E-state index in [0.29, 0.717) is 0 Å². The lowest BCUT2D eigenvalue weighted by atomic mass is 10.1. The average molecular weight is 196 g/mol. The van der Waals surface area contributed by atoms with Gasteiger partial charge in [0, 0.05) is 0 Å². The largest absolute Gasteiger partial charge is 0.395 e. The minimum Gasteiger partial charge on any atom is -0.395 e. The van der Waals surface area contributed by atoms with Gasteiger partial charge in [0.2, 0.25) is 0 Å². The average Bonchev–Trinajstić information content (AvgIpc) is 2.31. The SMILES string of the molecule is OC[C@H]1S[C@](O)(CO)[C@@H](O)[C@@H]1O. The number of rotatable bonds is 2. The van der Waals surface area contributed by atoms with Gasteiger partial charge in [0.05, 0.1) is 24.6 Å². The number of aliphatic hydroxyl groups excluding tert-OH is 4. The molecule has 0 bridgehead atoms. The highest BCUT2D eigenvalue weighted by molar-refractivity contribution is 8.01. The van der Waals surface area contributed by atoms with E-state index in [1.54, 1.807) is 0 Å². The maximum Gasteiger partial charge on any atom is 0.162 e. The van der Waals surface area contributed by atoms with E-state index in [2.05, 4.69) is 0 Å². The first-order valence-electron chi connectivity index (χ1n) is 3.53. The lowest BCUT2D eigenvalue weighted by Gasteiger charge is -2.22. The first kappa shape index (κ1) is 10.2. The van der Waals surface area contributed by atoms with E-state index in [1.807, 2.05) is 0 Å². The van der Waals surface area contributed by atoms with Crippen LogP contribution in [-0.4, -0.2) is 61.1 Å². The molecular formula is C6H12O5S. The lowest BCUT2D eigenvalue weighted by Crippen LogP contribution is -2.44. The van der Waals surface area contributed by atoms with Crippen molar-refractivity contribution in [2.45, 2.75) is 22.4 Å². The molecule has 1 aliphatic rings. The van der Waals surface area contributed by atoms with Crippen LogP contribution in [0.2, 0.25) is 0 Å². The summed E-state index contributed by atoms with van der Waals surface area (Å²) in [5, 5.41) is 44.6. The molecule has 0 aromatic carbocycles. The molecule has 0 aliphatic carbocycles. The Bertz CT molecular complexity index is 166. The summed E-state index contributed by atoms with van der Waals surface area (Å²) in [6.07, 6.45) is -2.61. The second kappa shape index (κ2) is 3.49. The van der Waals surface area contributed by atoms with Crippen LogP contribution in [0.1, 0.15) is 0 Å². The highest BCUT2D eigenvalue weighted by Gasteiger charge is 2.52. The van der Waals surface area contributed by atoms with Crippen LogP contribution in [0, 0.1) is 0 Å². The molecule has 0 radical (unpaired) electrons. The van der Waals surface area contributed by atoms with Gasteiger partial charge in [-0.3, -0.25) is 0 Å². The number of hydrogen-bond acceptors (Lipinski definition) is 6. The van der Waals surface area contributed by atoms with Gasteiger partial charge in [-0.25, -0.2) is 0 Å². The highest BCUT2D eigenvalue weighted by Crippen LogP contribution is 2.41. The molecule has 0 unspecified atom stereocenters. The third-order valence-corrected chi connectivity index (χ3v) is 3.44. The molecule has 5 N–H and O–H groups in total. The molecule has 72 valence electrons. The van der Waals surface area contributed by atoms with Gasteiger partial charge < -0.3 is 25.5 Å². The van der Waals surface area contributed by atoms with Crippen LogP contribution in [0.5, 0.6) is 0 Å². The summed E-state index contributed by atoms with van der Waals surface area (Å²) >= 11 is 0.785. The Morgan fingerprint density at radius 1 is 1.25 bits per heavy atom. The van der Waals surface area contributed by atoms with Crippen LogP contribution in [-0.2, 0) is 0 Å². The fourth-order valence-electron chi connectivity index (χ4n) is 1.15. The van der Waals surface area contributed by atoms with E-state index in [0.717, 1.165) is 11.8 Å². The zero-order chi connectivity index (χ0) is 9.35. The van der Waals surface area contributed by atoms with Crippen molar-refractivity contribution in [1.82, 2.24) is 0 Å². The second-order valence-corrected chi connectivity index (χ2v) is 4.33. The molecule has 1 rings (SSSR count). The third kappa shape index (κ3) is 1.46. The molecule has 0 amide bonds. The van der Waals surface area contributed by atoms with Crippen LogP contribution in [0.4, 0.5) is 0 Å². The Kier molecular flexibility index (Phi) is 2.97. The summed E-state index contributed by atoms with van der Waals surface area (Å²) in [6.45, 7) is -0.988. The van der Waals surface area contributed by atoms with Crippen molar-refractivity contribution in [2.75, 3.05) is 13.2 Å². The summed E-state index contributed by atoms with van der Waals surface area (Å²) in [5.41, 5.74) is 0. The Morgan fingerprint density at radius 2 is 1.83 bits per heavy atom. The smallest absolute Gasteiger partial charge is 0.162 e. The van der Waals surface area contributed by atoms with Crippen molar-refractivity contribution < 1.29 is 25.5 Å². The molecule has 0 saturated carbocycles. The van der Waals surface area contributed by atoms with Crippen LogP contribution in [0.3, 0.4) is 0 Å². The van der Waals surface area contributed by atoms with E-state index in [4.69, 9.17) is 10.2 Å². The van der Waals surface area contributed by atoms with E-state index >= 15 is 0 Å². The van der Waals surface area contributed by atoms with Gasteiger partial charge >= 0.3 is 0 Å². The van der Waals surface area contributed by atoms with Gasteiger partial charge in [-0.2, -0.15) is 0 Å². The van der Waals surface area contributed by atoms with Crippen molar-refractivity contribution in [1.29, 1.82) is 0 Å². The first-order chi connectivity index (χ1) is 5.55. The van der Waals surface area contributed by atoms with Crippen molar-refractivity contribution in [3.8, 4) is 0 Å². The van der Waals surface area contributed by atoms with Gasteiger partial charge in [0.15, 0.2) is 4.93 Å². The highest BCUT2D eigenvalue weighted by atomic mass is 32.2. The van der Waals surface area contributed by atoms with Crippen LogP contribution in [0.15, 0.2) is 0 Å². The van der Waals surface area contributed by atoms with Gasteiger partial charge in [-0.05, 0) is 0 Å². The molecule has 0 aromatic heterocycles. The Balaban J connectivity index is 2.72. The Hall–Kier alpha value is 0.150. The Labute approximate surface area is 73.7 Å². The minimum absolute atomic E-state index is 0.342. The molecular weight excluding hydrogens is 184 g/mol. The van der Waals surface area contributed by atoms with E-state index < -0.39 is 29.0 Å². The summed E-state index contributed by atoms with van der Waals surface area (Å²) < 4.78 is 0. The molecule has 1 aliphatic heterocycles. The molecule has 1 saturated heterocycles. The lowest BCUT2D eigenvalue weighted by molar-refractivity contribution is -0.0832. The maximum absolute atomic E-state index is 9.43. The summed E-state index contributed by atoms with van der Waals surface area (Å²) in [4.78, 5) is -1.74. The standard InChI is InChI=1S/C6H12O5S/c7-1-3-4(9)5(10)6(11,2-8)12-3/h3-5,7-11H,1-2H2/t3-,4-,5+,6-/m1/s1. The monoisotopic (exact) mass is 196 g/mol.